The minimum absolute atomic E-state index is 0.564. The molecule has 0 saturated carbocycles. The zero-order valence-electron chi connectivity index (χ0n) is 8.12. The van der Waals surface area contributed by atoms with Gasteiger partial charge in [-0.1, -0.05) is 0 Å². The van der Waals surface area contributed by atoms with Crippen LogP contribution in [0, 0.1) is 0 Å². The van der Waals surface area contributed by atoms with Gasteiger partial charge in [-0.2, -0.15) is 0 Å². The van der Waals surface area contributed by atoms with Crippen LogP contribution < -0.4 is 11.1 Å². The van der Waals surface area contributed by atoms with E-state index in [-0.39, 0.29) is 0 Å². The maximum Gasteiger partial charge on any atom is 0.124 e. The third kappa shape index (κ3) is 1.62. The molecule has 1 heterocycles. The number of hydrogen-bond acceptors (Lipinski definition) is 3. The van der Waals surface area contributed by atoms with Crippen molar-refractivity contribution in [3.05, 3.63) is 30.3 Å². The molecule has 0 bridgehead atoms. The molecule has 0 fully saturated rings. The highest BCUT2D eigenvalue weighted by Gasteiger charge is 1.96. The van der Waals surface area contributed by atoms with Crippen molar-refractivity contribution in [1.29, 1.82) is 0 Å². The van der Waals surface area contributed by atoms with E-state index in [4.69, 9.17) is 5.73 Å². The summed E-state index contributed by atoms with van der Waals surface area (Å²) in [5, 5.41) is 4.36. The van der Waals surface area contributed by atoms with Gasteiger partial charge < -0.3 is 11.1 Å². The van der Waals surface area contributed by atoms with Crippen LogP contribution in [0.25, 0.3) is 10.9 Å². The number of fused-ring (bicyclic) bond motifs is 1. The van der Waals surface area contributed by atoms with Gasteiger partial charge in [0.15, 0.2) is 0 Å². The van der Waals surface area contributed by atoms with Crippen molar-refractivity contribution in [2.45, 2.75) is 6.92 Å². The van der Waals surface area contributed by atoms with Gasteiger partial charge in [-0.05, 0) is 37.3 Å². The SMILES string of the molecule is CCNc1ccc2nc(N)ccc2c1. The van der Waals surface area contributed by atoms with Crippen molar-refractivity contribution in [2.75, 3.05) is 17.6 Å². The summed E-state index contributed by atoms with van der Waals surface area (Å²) in [7, 11) is 0. The van der Waals surface area contributed by atoms with E-state index in [1.165, 1.54) is 0 Å². The molecule has 0 aliphatic rings. The molecule has 1 aromatic heterocycles. The Hall–Kier alpha value is -1.77. The zero-order valence-corrected chi connectivity index (χ0v) is 8.12. The van der Waals surface area contributed by atoms with Crippen LogP contribution >= 0.6 is 0 Å². The number of nitrogens with two attached hydrogens (primary N) is 1. The van der Waals surface area contributed by atoms with Crippen molar-refractivity contribution < 1.29 is 0 Å². The van der Waals surface area contributed by atoms with Crippen LogP contribution in [-0.4, -0.2) is 11.5 Å². The quantitative estimate of drug-likeness (QED) is 0.758. The summed E-state index contributed by atoms with van der Waals surface area (Å²) >= 11 is 0. The van der Waals surface area contributed by atoms with Gasteiger partial charge in [0.2, 0.25) is 0 Å². The summed E-state index contributed by atoms with van der Waals surface area (Å²) in [5.41, 5.74) is 7.65. The van der Waals surface area contributed by atoms with E-state index in [1.54, 1.807) is 0 Å². The van der Waals surface area contributed by atoms with Crippen LogP contribution in [0.4, 0.5) is 11.5 Å². The normalized spacial score (nSPS) is 10.4. The average molecular weight is 187 g/mol. The van der Waals surface area contributed by atoms with Crippen molar-refractivity contribution in [1.82, 2.24) is 4.98 Å². The molecule has 3 nitrogen and oxygen atoms in total. The summed E-state index contributed by atoms with van der Waals surface area (Å²) in [5.74, 6) is 0.564. The highest BCUT2D eigenvalue weighted by atomic mass is 14.9. The summed E-state index contributed by atoms with van der Waals surface area (Å²) in [6.07, 6.45) is 0. The van der Waals surface area contributed by atoms with Gasteiger partial charge in [0, 0.05) is 17.6 Å². The molecular weight excluding hydrogens is 174 g/mol. The van der Waals surface area contributed by atoms with Gasteiger partial charge >= 0.3 is 0 Å². The minimum atomic E-state index is 0.564. The molecule has 3 N–H and O–H groups in total. The average Bonchev–Trinajstić information content (AvgIpc) is 2.19. The smallest absolute Gasteiger partial charge is 0.124 e. The van der Waals surface area contributed by atoms with Crippen LogP contribution in [0.1, 0.15) is 6.92 Å². The van der Waals surface area contributed by atoms with Crippen molar-refractivity contribution in [3.63, 3.8) is 0 Å². The van der Waals surface area contributed by atoms with E-state index in [1.807, 2.05) is 24.3 Å². The van der Waals surface area contributed by atoms with Crippen LogP contribution in [0.2, 0.25) is 0 Å². The molecule has 0 unspecified atom stereocenters. The molecule has 2 rings (SSSR count). The summed E-state index contributed by atoms with van der Waals surface area (Å²) in [6, 6.07) is 9.86. The molecule has 0 atom stereocenters. The van der Waals surface area contributed by atoms with Crippen molar-refractivity contribution in [3.8, 4) is 0 Å². The molecule has 0 spiro atoms. The first-order valence-corrected chi connectivity index (χ1v) is 4.70. The Morgan fingerprint density at radius 1 is 1.29 bits per heavy atom. The summed E-state index contributed by atoms with van der Waals surface area (Å²) < 4.78 is 0. The standard InChI is InChI=1S/C11H13N3/c1-2-13-9-4-5-10-8(7-9)3-6-11(12)14-10/h3-7,13H,2H2,1H3,(H2,12,14). The maximum atomic E-state index is 5.59. The molecule has 1 aromatic carbocycles. The summed E-state index contributed by atoms with van der Waals surface area (Å²) in [4.78, 5) is 4.23. The number of hydrogen-bond donors (Lipinski definition) is 2. The predicted molar refractivity (Wildman–Crippen MR) is 60.3 cm³/mol. The Labute approximate surface area is 83.0 Å². The van der Waals surface area contributed by atoms with Crippen molar-refractivity contribution in [2.24, 2.45) is 0 Å². The first-order chi connectivity index (χ1) is 6.79. The number of aromatic nitrogens is 1. The Morgan fingerprint density at radius 2 is 2.14 bits per heavy atom. The van der Waals surface area contributed by atoms with Crippen molar-refractivity contribution >= 4 is 22.4 Å². The Kier molecular flexibility index (Phi) is 2.23. The number of nitrogens with one attached hydrogen (secondary N) is 1. The number of nitrogens with zero attached hydrogens (tertiary/aromatic N) is 1. The monoisotopic (exact) mass is 187 g/mol. The molecule has 0 saturated heterocycles. The highest BCUT2D eigenvalue weighted by molar-refractivity contribution is 5.83. The lowest BCUT2D eigenvalue weighted by Crippen LogP contribution is -1.96. The molecule has 0 amide bonds. The molecule has 72 valence electrons. The van der Waals surface area contributed by atoms with Crippen LogP contribution in [-0.2, 0) is 0 Å². The van der Waals surface area contributed by atoms with E-state index in [2.05, 4.69) is 23.3 Å². The lowest BCUT2D eigenvalue weighted by molar-refractivity contribution is 1.21. The molecule has 14 heavy (non-hydrogen) atoms. The van der Waals surface area contributed by atoms with E-state index in [9.17, 15) is 0 Å². The fourth-order valence-corrected chi connectivity index (χ4v) is 1.46. The fourth-order valence-electron chi connectivity index (χ4n) is 1.46. The molecule has 0 aliphatic heterocycles. The van der Waals surface area contributed by atoms with E-state index >= 15 is 0 Å². The highest BCUT2D eigenvalue weighted by Crippen LogP contribution is 2.18. The number of rotatable bonds is 2. The lowest BCUT2D eigenvalue weighted by Gasteiger charge is -2.04. The molecule has 3 heteroatoms. The molecule has 2 aromatic rings. The van der Waals surface area contributed by atoms with Gasteiger partial charge in [-0.3, -0.25) is 0 Å². The number of pyridine rings is 1. The summed E-state index contributed by atoms with van der Waals surface area (Å²) in [6.45, 7) is 3.00. The number of benzene rings is 1. The third-order valence-electron chi connectivity index (χ3n) is 2.09. The fraction of sp³-hybridized carbons (Fsp3) is 0.182. The van der Waals surface area contributed by atoms with Gasteiger partial charge in [0.1, 0.15) is 5.82 Å². The van der Waals surface area contributed by atoms with E-state index < -0.39 is 0 Å². The van der Waals surface area contributed by atoms with Gasteiger partial charge in [0.05, 0.1) is 5.52 Å². The lowest BCUT2D eigenvalue weighted by atomic mass is 10.2. The largest absolute Gasteiger partial charge is 0.385 e. The maximum absolute atomic E-state index is 5.59. The second kappa shape index (κ2) is 3.54. The van der Waals surface area contributed by atoms with Crippen LogP contribution in [0.3, 0.4) is 0 Å². The molecule has 0 aliphatic carbocycles. The predicted octanol–water partition coefficient (Wildman–Crippen LogP) is 2.25. The van der Waals surface area contributed by atoms with Gasteiger partial charge in [0.25, 0.3) is 0 Å². The van der Waals surface area contributed by atoms with Gasteiger partial charge in [-0.25, -0.2) is 4.98 Å². The number of nitrogen functional groups attached to an aromatic ring is 1. The second-order valence-electron chi connectivity index (χ2n) is 3.17. The van der Waals surface area contributed by atoms with Crippen LogP contribution in [0.5, 0.6) is 0 Å². The molecular formula is C11H13N3. The number of anilines is 2. The third-order valence-corrected chi connectivity index (χ3v) is 2.09. The van der Waals surface area contributed by atoms with E-state index in [0.717, 1.165) is 23.1 Å². The zero-order chi connectivity index (χ0) is 9.97. The molecule has 0 radical (unpaired) electrons. The topological polar surface area (TPSA) is 50.9 Å². The minimum Gasteiger partial charge on any atom is -0.385 e. The Morgan fingerprint density at radius 3 is 2.93 bits per heavy atom. The second-order valence-corrected chi connectivity index (χ2v) is 3.17. The van der Waals surface area contributed by atoms with Crippen LogP contribution in [0.15, 0.2) is 30.3 Å². The Bertz CT molecular complexity index is 451. The Balaban J connectivity index is 2.50. The van der Waals surface area contributed by atoms with E-state index in [0.29, 0.717) is 5.82 Å². The first-order valence-electron chi connectivity index (χ1n) is 4.70. The van der Waals surface area contributed by atoms with Gasteiger partial charge in [-0.15, -0.1) is 0 Å². The first kappa shape index (κ1) is 8.81.